The maximum absolute atomic E-state index is 13.3. The largest absolute Gasteiger partial charge is 0.334 e. The number of carbonyl (C=O) groups excluding carboxylic acids is 1. The molecule has 0 atom stereocenters. The summed E-state index contributed by atoms with van der Waals surface area (Å²) in [7, 11) is 1.74. The molecule has 0 saturated heterocycles. The van der Waals surface area contributed by atoms with Gasteiger partial charge in [-0.15, -0.1) is 0 Å². The number of pyridine rings is 1. The number of aryl methyl sites for hydroxylation is 1. The van der Waals surface area contributed by atoms with Gasteiger partial charge in [0.2, 0.25) is 0 Å². The highest BCUT2D eigenvalue weighted by Gasteiger charge is 2.23. The molecule has 8 heteroatoms. The van der Waals surface area contributed by atoms with Crippen LogP contribution >= 0.6 is 0 Å². The van der Waals surface area contributed by atoms with Gasteiger partial charge in [0.1, 0.15) is 5.69 Å². The summed E-state index contributed by atoms with van der Waals surface area (Å²) in [5.41, 5.74) is 4.65. The standard InChI is InChI=1S/C24H21N7O/c1-17-6-8-19(9-7-17)31-20(10-12-27-31)23-28-22(21-15-25-13-14-30(21)23)24(32)29(2)16-18-5-3-4-11-26-18/h3-15H,16H2,1-2H3. The van der Waals surface area contributed by atoms with E-state index in [1.807, 2.05) is 64.5 Å². The van der Waals surface area contributed by atoms with Crippen molar-refractivity contribution >= 4 is 11.4 Å². The zero-order valence-corrected chi connectivity index (χ0v) is 17.8. The molecule has 0 N–H and O–H groups in total. The van der Waals surface area contributed by atoms with E-state index in [0.29, 0.717) is 23.6 Å². The molecule has 0 spiro atoms. The fraction of sp³-hybridized carbons (Fsp3) is 0.125. The Labute approximate surface area is 184 Å². The Morgan fingerprint density at radius 2 is 1.88 bits per heavy atom. The second-order valence-corrected chi connectivity index (χ2v) is 7.56. The van der Waals surface area contributed by atoms with Gasteiger partial charge in [-0.3, -0.25) is 19.2 Å². The Kier molecular flexibility index (Phi) is 4.95. The molecule has 32 heavy (non-hydrogen) atoms. The van der Waals surface area contributed by atoms with Crippen molar-refractivity contribution in [1.29, 1.82) is 0 Å². The Hall–Kier alpha value is -4.33. The van der Waals surface area contributed by atoms with Crippen molar-refractivity contribution in [3.8, 4) is 17.2 Å². The van der Waals surface area contributed by atoms with E-state index >= 15 is 0 Å². The van der Waals surface area contributed by atoms with Crippen LogP contribution in [-0.2, 0) is 6.54 Å². The predicted octanol–water partition coefficient (Wildman–Crippen LogP) is 3.56. The lowest BCUT2D eigenvalue weighted by Gasteiger charge is -2.15. The lowest BCUT2D eigenvalue weighted by Crippen LogP contribution is -2.27. The Morgan fingerprint density at radius 1 is 1.03 bits per heavy atom. The van der Waals surface area contributed by atoms with Gasteiger partial charge in [-0.05, 0) is 37.3 Å². The topological polar surface area (TPSA) is 81.2 Å². The lowest BCUT2D eigenvalue weighted by molar-refractivity contribution is 0.0780. The van der Waals surface area contributed by atoms with Crippen LogP contribution in [0.4, 0.5) is 0 Å². The van der Waals surface area contributed by atoms with E-state index in [1.165, 1.54) is 5.56 Å². The van der Waals surface area contributed by atoms with Gasteiger partial charge in [0.25, 0.3) is 5.91 Å². The summed E-state index contributed by atoms with van der Waals surface area (Å²) in [5.74, 6) is 0.420. The smallest absolute Gasteiger partial charge is 0.274 e. The van der Waals surface area contributed by atoms with Crippen molar-refractivity contribution in [3.63, 3.8) is 0 Å². The highest BCUT2D eigenvalue weighted by atomic mass is 16.2. The summed E-state index contributed by atoms with van der Waals surface area (Å²) in [5, 5.41) is 4.49. The van der Waals surface area contributed by atoms with Crippen molar-refractivity contribution < 1.29 is 4.79 Å². The number of imidazole rings is 1. The van der Waals surface area contributed by atoms with Gasteiger partial charge in [-0.2, -0.15) is 5.10 Å². The van der Waals surface area contributed by atoms with Crippen molar-refractivity contribution in [2.75, 3.05) is 7.05 Å². The first-order chi connectivity index (χ1) is 15.6. The third kappa shape index (κ3) is 3.51. The first-order valence-corrected chi connectivity index (χ1v) is 10.2. The maximum Gasteiger partial charge on any atom is 0.274 e. The van der Waals surface area contributed by atoms with Crippen LogP contribution in [0.25, 0.3) is 22.7 Å². The molecule has 8 nitrogen and oxygen atoms in total. The van der Waals surface area contributed by atoms with Crippen LogP contribution in [0.5, 0.6) is 0 Å². The van der Waals surface area contributed by atoms with Crippen molar-refractivity contribution in [1.82, 2.24) is 34.0 Å². The van der Waals surface area contributed by atoms with E-state index in [9.17, 15) is 4.79 Å². The Balaban J connectivity index is 1.57. The number of nitrogens with zero attached hydrogens (tertiary/aromatic N) is 7. The molecule has 0 bridgehead atoms. The molecule has 0 unspecified atom stereocenters. The van der Waals surface area contributed by atoms with E-state index in [-0.39, 0.29) is 5.91 Å². The minimum Gasteiger partial charge on any atom is -0.334 e. The van der Waals surface area contributed by atoms with E-state index in [2.05, 4.69) is 15.1 Å². The van der Waals surface area contributed by atoms with Gasteiger partial charge in [-0.25, -0.2) is 9.67 Å². The minimum atomic E-state index is -0.200. The predicted molar refractivity (Wildman–Crippen MR) is 120 cm³/mol. The molecule has 1 aromatic carbocycles. The number of rotatable bonds is 5. The molecule has 0 fully saturated rings. The molecule has 5 aromatic rings. The SMILES string of the molecule is Cc1ccc(-n2nccc2-c2nc(C(=O)N(C)Cc3ccccn3)c3cnccn23)cc1. The zero-order chi connectivity index (χ0) is 22.1. The summed E-state index contributed by atoms with van der Waals surface area (Å²) >= 11 is 0. The summed E-state index contributed by atoms with van der Waals surface area (Å²) < 4.78 is 3.69. The van der Waals surface area contributed by atoms with Gasteiger partial charge < -0.3 is 4.90 Å². The molecule has 158 valence electrons. The molecule has 4 aromatic heterocycles. The molecule has 0 aliphatic rings. The third-order valence-electron chi connectivity index (χ3n) is 5.27. The quantitative estimate of drug-likeness (QED) is 0.432. The summed E-state index contributed by atoms with van der Waals surface area (Å²) in [6, 6.07) is 15.6. The van der Waals surface area contributed by atoms with E-state index < -0.39 is 0 Å². The molecule has 0 aliphatic heterocycles. The average Bonchev–Trinajstić information content (AvgIpc) is 3.44. The lowest BCUT2D eigenvalue weighted by atomic mass is 10.2. The second-order valence-electron chi connectivity index (χ2n) is 7.56. The van der Waals surface area contributed by atoms with Crippen LogP contribution in [0.3, 0.4) is 0 Å². The highest BCUT2D eigenvalue weighted by molar-refractivity contribution is 5.99. The van der Waals surface area contributed by atoms with Gasteiger partial charge in [0, 0.05) is 25.6 Å². The molecule has 0 saturated carbocycles. The van der Waals surface area contributed by atoms with E-state index in [0.717, 1.165) is 17.1 Å². The number of hydrogen-bond donors (Lipinski definition) is 0. The maximum atomic E-state index is 13.3. The highest BCUT2D eigenvalue weighted by Crippen LogP contribution is 2.25. The average molecular weight is 423 g/mol. The number of aromatic nitrogens is 6. The number of fused-ring (bicyclic) bond motifs is 1. The van der Waals surface area contributed by atoms with Gasteiger partial charge in [0.05, 0.1) is 35.8 Å². The molecule has 1 amide bonds. The monoisotopic (exact) mass is 423 g/mol. The van der Waals surface area contributed by atoms with Crippen LogP contribution in [-0.4, -0.2) is 47.0 Å². The number of amides is 1. The molecule has 4 heterocycles. The van der Waals surface area contributed by atoms with E-state index in [1.54, 1.807) is 42.9 Å². The number of carbonyl (C=O) groups is 1. The molecular weight excluding hydrogens is 402 g/mol. The van der Waals surface area contributed by atoms with Crippen LogP contribution < -0.4 is 0 Å². The first-order valence-electron chi connectivity index (χ1n) is 10.2. The fourth-order valence-corrected chi connectivity index (χ4v) is 3.63. The second kappa shape index (κ2) is 8.07. The molecule has 5 rings (SSSR count). The van der Waals surface area contributed by atoms with Crippen molar-refractivity contribution in [3.05, 3.63) is 96.5 Å². The van der Waals surface area contributed by atoms with Gasteiger partial charge in [0.15, 0.2) is 11.5 Å². The first kappa shape index (κ1) is 19.6. The minimum absolute atomic E-state index is 0.200. The molecule has 0 radical (unpaired) electrons. The van der Waals surface area contributed by atoms with E-state index in [4.69, 9.17) is 4.98 Å². The van der Waals surface area contributed by atoms with Gasteiger partial charge in [-0.1, -0.05) is 23.8 Å². The van der Waals surface area contributed by atoms with Crippen LogP contribution in [0.1, 0.15) is 21.7 Å². The summed E-state index contributed by atoms with van der Waals surface area (Å²) in [4.78, 5) is 28.2. The molecule has 0 aliphatic carbocycles. The summed E-state index contributed by atoms with van der Waals surface area (Å²) in [6.07, 6.45) is 8.58. The van der Waals surface area contributed by atoms with Crippen LogP contribution in [0, 0.1) is 6.92 Å². The molecular formula is C24H21N7O. The van der Waals surface area contributed by atoms with Crippen LogP contribution in [0.15, 0.2) is 79.5 Å². The summed E-state index contributed by atoms with van der Waals surface area (Å²) in [6.45, 7) is 2.43. The Bertz CT molecular complexity index is 1390. The van der Waals surface area contributed by atoms with Crippen LogP contribution in [0.2, 0.25) is 0 Å². The van der Waals surface area contributed by atoms with Gasteiger partial charge >= 0.3 is 0 Å². The number of hydrogen-bond acceptors (Lipinski definition) is 5. The Morgan fingerprint density at radius 3 is 2.66 bits per heavy atom. The fourth-order valence-electron chi connectivity index (χ4n) is 3.63. The van der Waals surface area contributed by atoms with Crippen molar-refractivity contribution in [2.45, 2.75) is 13.5 Å². The van der Waals surface area contributed by atoms with Crippen molar-refractivity contribution in [2.24, 2.45) is 0 Å². The zero-order valence-electron chi connectivity index (χ0n) is 17.8. The number of benzene rings is 1. The normalized spacial score (nSPS) is 11.1. The third-order valence-corrected chi connectivity index (χ3v) is 5.27.